The lowest BCUT2D eigenvalue weighted by molar-refractivity contribution is -0.115. The van der Waals surface area contributed by atoms with Crippen molar-refractivity contribution in [2.75, 3.05) is 36.4 Å². The lowest BCUT2D eigenvalue weighted by Crippen LogP contribution is -2.45. The smallest absolute Gasteiger partial charge is 0.230 e. The summed E-state index contributed by atoms with van der Waals surface area (Å²) in [6.07, 6.45) is 0.183. The molecule has 2 heterocycles. The molecule has 1 aliphatic heterocycles. The Hall–Kier alpha value is -3.64. The number of hydrogen-bond acceptors (Lipinski definition) is 5. The molecule has 1 aromatic heterocycles. The molecule has 3 aromatic carbocycles. The van der Waals surface area contributed by atoms with Crippen molar-refractivity contribution in [2.24, 2.45) is 0 Å². The lowest BCUT2D eigenvalue weighted by atomic mass is 10.1. The molecule has 6 nitrogen and oxygen atoms in total. The fourth-order valence-electron chi connectivity index (χ4n) is 4.18. The van der Waals surface area contributed by atoms with E-state index in [4.69, 9.17) is 4.52 Å². The van der Waals surface area contributed by atoms with Gasteiger partial charge in [-0.25, -0.2) is 0 Å². The number of hydrogen-bond donors (Lipinski definition) is 1. The topological polar surface area (TPSA) is 61.6 Å². The minimum atomic E-state index is -0.105. The zero-order chi connectivity index (χ0) is 21.8. The van der Waals surface area contributed by atoms with Crippen molar-refractivity contribution in [2.45, 2.75) is 13.0 Å². The van der Waals surface area contributed by atoms with Gasteiger partial charge in [0, 0.05) is 49.5 Å². The minimum absolute atomic E-state index is 0.105. The Labute approximate surface area is 187 Å². The van der Waals surface area contributed by atoms with E-state index >= 15 is 0 Å². The van der Waals surface area contributed by atoms with Crippen LogP contribution in [-0.4, -0.2) is 42.1 Å². The molecule has 0 spiro atoms. The second kappa shape index (κ2) is 9.24. The van der Waals surface area contributed by atoms with Gasteiger partial charge in [0.1, 0.15) is 5.69 Å². The maximum atomic E-state index is 12.5. The first kappa shape index (κ1) is 20.3. The SMILES string of the molecule is O=C(Cc1noc2ccccc12)Nc1ccc(N2CCN(Cc3ccccc3)CC2)cc1. The van der Waals surface area contributed by atoms with Gasteiger partial charge in [-0.2, -0.15) is 0 Å². The Bertz CT molecular complexity index is 1180. The van der Waals surface area contributed by atoms with Gasteiger partial charge in [-0.05, 0) is 42.0 Å². The number of benzene rings is 3. The van der Waals surface area contributed by atoms with Gasteiger partial charge in [-0.1, -0.05) is 47.6 Å². The van der Waals surface area contributed by atoms with Crippen molar-refractivity contribution < 1.29 is 9.32 Å². The fraction of sp³-hybridized carbons (Fsp3) is 0.231. The van der Waals surface area contributed by atoms with Crippen LogP contribution in [0.1, 0.15) is 11.3 Å². The summed E-state index contributed by atoms with van der Waals surface area (Å²) in [6.45, 7) is 5.08. The highest BCUT2D eigenvalue weighted by Crippen LogP contribution is 2.22. The average molecular weight is 427 g/mol. The molecule has 1 N–H and O–H groups in total. The van der Waals surface area contributed by atoms with Crippen LogP contribution in [0.15, 0.2) is 83.4 Å². The maximum absolute atomic E-state index is 12.5. The van der Waals surface area contributed by atoms with E-state index in [0.29, 0.717) is 11.3 Å². The molecule has 32 heavy (non-hydrogen) atoms. The predicted molar refractivity (Wildman–Crippen MR) is 127 cm³/mol. The van der Waals surface area contributed by atoms with E-state index in [1.807, 2.05) is 36.4 Å². The van der Waals surface area contributed by atoms with E-state index in [1.54, 1.807) is 0 Å². The predicted octanol–water partition coefficient (Wildman–Crippen LogP) is 4.33. The van der Waals surface area contributed by atoms with Crippen molar-refractivity contribution in [3.05, 3.63) is 90.1 Å². The number of para-hydroxylation sites is 1. The van der Waals surface area contributed by atoms with E-state index in [1.165, 1.54) is 11.3 Å². The third kappa shape index (κ3) is 4.65. The van der Waals surface area contributed by atoms with E-state index in [-0.39, 0.29) is 12.3 Å². The number of anilines is 2. The number of piperazine rings is 1. The third-order valence-electron chi connectivity index (χ3n) is 5.92. The summed E-state index contributed by atoms with van der Waals surface area (Å²) in [7, 11) is 0. The van der Waals surface area contributed by atoms with Crippen molar-refractivity contribution in [1.29, 1.82) is 0 Å². The van der Waals surface area contributed by atoms with Gasteiger partial charge in [-0.3, -0.25) is 9.69 Å². The summed E-state index contributed by atoms with van der Waals surface area (Å²) in [5, 5.41) is 7.88. The number of nitrogens with zero attached hydrogens (tertiary/aromatic N) is 3. The zero-order valence-electron chi connectivity index (χ0n) is 17.9. The number of fused-ring (bicyclic) bond motifs is 1. The molecule has 1 fully saturated rings. The van der Waals surface area contributed by atoms with Crippen LogP contribution in [0, 0.1) is 0 Å². The van der Waals surface area contributed by atoms with Gasteiger partial charge in [-0.15, -0.1) is 0 Å². The Morgan fingerprint density at radius 1 is 0.875 bits per heavy atom. The van der Waals surface area contributed by atoms with Gasteiger partial charge < -0.3 is 14.7 Å². The van der Waals surface area contributed by atoms with Crippen molar-refractivity contribution in [1.82, 2.24) is 10.1 Å². The van der Waals surface area contributed by atoms with E-state index < -0.39 is 0 Å². The molecule has 1 saturated heterocycles. The van der Waals surface area contributed by atoms with E-state index in [0.717, 1.165) is 43.8 Å². The largest absolute Gasteiger partial charge is 0.369 e. The number of rotatable bonds is 6. The molecule has 0 bridgehead atoms. The molecule has 4 aromatic rings. The summed E-state index contributed by atoms with van der Waals surface area (Å²) >= 11 is 0. The van der Waals surface area contributed by atoms with Crippen LogP contribution in [-0.2, 0) is 17.8 Å². The summed E-state index contributed by atoms with van der Waals surface area (Å²) in [4.78, 5) is 17.4. The second-order valence-corrected chi connectivity index (χ2v) is 8.15. The summed E-state index contributed by atoms with van der Waals surface area (Å²) in [6, 6.07) is 26.3. The van der Waals surface area contributed by atoms with Gasteiger partial charge in [0.05, 0.1) is 6.42 Å². The number of aromatic nitrogens is 1. The Morgan fingerprint density at radius 3 is 2.38 bits per heavy atom. The molecule has 5 rings (SSSR count). The standard InChI is InChI=1S/C26H26N4O2/c31-26(18-24-23-8-4-5-9-25(23)32-28-24)27-21-10-12-22(13-11-21)30-16-14-29(15-17-30)19-20-6-2-1-3-7-20/h1-13H,14-19H2,(H,27,31). The van der Waals surface area contributed by atoms with Crippen LogP contribution in [0.5, 0.6) is 0 Å². The molecule has 0 atom stereocenters. The van der Waals surface area contributed by atoms with Gasteiger partial charge >= 0.3 is 0 Å². The molecule has 0 aliphatic carbocycles. The Morgan fingerprint density at radius 2 is 1.59 bits per heavy atom. The maximum Gasteiger partial charge on any atom is 0.230 e. The molecule has 6 heteroatoms. The van der Waals surface area contributed by atoms with Crippen molar-refractivity contribution in [3.63, 3.8) is 0 Å². The van der Waals surface area contributed by atoms with Crippen molar-refractivity contribution in [3.8, 4) is 0 Å². The van der Waals surface area contributed by atoms with E-state index in [9.17, 15) is 4.79 Å². The van der Waals surface area contributed by atoms with Gasteiger partial charge in [0.15, 0.2) is 5.58 Å². The van der Waals surface area contributed by atoms with Crippen LogP contribution in [0.4, 0.5) is 11.4 Å². The molecule has 162 valence electrons. The van der Waals surface area contributed by atoms with Crippen LogP contribution in [0.3, 0.4) is 0 Å². The van der Waals surface area contributed by atoms with Crippen molar-refractivity contribution >= 4 is 28.3 Å². The lowest BCUT2D eigenvalue weighted by Gasteiger charge is -2.36. The van der Waals surface area contributed by atoms with Crippen LogP contribution >= 0.6 is 0 Å². The third-order valence-corrected chi connectivity index (χ3v) is 5.92. The highest BCUT2D eigenvalue weighted by atomic mass is 16.5. The number of carbonyl (C=O) groups excluding carboxylic acids is 1. The normalized spacial score (nSPS) is 14.6. The quantitative estimate of drug-likeness (QED) is 0.497. The molecular weight excluding hydrogens is 400 g/mol. The number of amides is 1. The molecule has 0 saturated carbocycles. The fourth-order valence-corrected chi connectivity index (χ4v) is 4.18. The minimum Gasteiger partial charge on any atom is -0.369 e. The second-order valence-electron chi connectivity index (χ2n) is 8.15. The summed E-state index contributed by atoms with van der Waals surface area (Å²) < 4.78 is 5.28. The summed E-state index contributed by atoms with van der Waals surface area (Å²) in [5.74, 6) is -0.105. The number of nitrogens with one attached hydrogen (secondary N) is 1. The first-order valence-electron chi connectivity index (χ1n) is 11.0. The molecular formula is C26H26N4O2. The molecule has 0 unspecified atom stereocenters. The van der Waals surface area contributed by atoms with E-state index in [2.05, 4.69) is 62.7 Å². The summed E-state index contributed by atoms with van der Waals surface area (Å²) in [5.41, 5.74) is 4.69. The Balaban J connectivity index is 1.14. The van der Waals surface area contributed by atoms with Crippen LogP contribution in [0.25, 0.3) is 11.0 Å². The highest BCUT2D eigenvalue weighted by molar-refractivity contribution is 5.94. The Kier molecular flexibility index (Phi) is 5.85. The number of carbonyl (C=O) groups is 1. The average Bonchev–Trinajstić information content (AvgIpc) is 3.23. The molecule has 1 amide bonds. The zero-order valence-corrected chi connectivity index (χ0v) is 17.9. The monoisotopic (exact) mass is 426 g/mol. The molecule has 0 radical (unpaired) electrons. The first-order chi connectivity index (χ1) is 15.7. The highest BCUT2D eigenvalue weighted by Gasteiger charge is 2.17. The first-order valence-corrected chi connectivity index (χ1v) is 11.0. The van der Waals surface area contributed by atoms with Crippen LogP contribution in [0.2, 0.25) is 0 Å². The van der Waals surface area contributed by atoms with Crippen LogP contribution < -0.4 is 10.2 Å². The molecule has 1 aliphatic rings. The van der Waals surface area contributed by atoms with Gasteiger partial charge in [0.2, 0.25) is 5.91 Å². The van der Waals surface area contributed by atoms with Gasteiger partial charge in [0.25, 0.3) is 0 Å².